The minimum absolute atomic E-state index is 0.00817. The van der Waals surface area contributed by atoms with Crippen LogP contribution in [-0.2, 0) is 4.79 Å². The molecule has 0 aromatic heterocycles. The zero-order chi connectivity index (χ0) is 15.2. The van der Waals surface area contributed by atoms with Crippen molar-refractivity contribution in [2.75, 3.05) is 0 Å². The third-order valence-electron chi connectivity index (χ3n) is 3.00. The number of ketones is 1. The normalized spacial score (nSPS) is 10.5. The van der Waals surface area contributed by atoms with Crippen LogP contribution in [0.25, 0.3) is 11.6 Å². The molecule has 0 bridgehead atoms. The standard InChI is InChI=1S/C18H14O3/c1-13(18(20)21)15-8-10-16(11-9-15)17(19)12-7-14-5-3-2-4-6-14/h2-12H,1H2,(H,20,21). The smallest absolute Gasteiger partial charge is 0.335 e. The molecule has 2 aromatic carbocycles. The van der Waals surface area contributed by atoms with Gasteiger partial charge in [0.25, 0.3) is 0 Å². The summed E-state index contributed by atoms with van der Waals surface area (Å²) in [6.45, 7) is 3.48. The molecule has 0 saturated heterocycles. The number of carbonyl (C=O) groups is 2. The summed E-state index contributed by atoms with van der Waals surface area (Å²) in [7, 11) is 0. The number of allylic oxidation sites excluding steroid dienone is 1. The van der Waals surface area contributed by atoms with E-state index in [1.54, 1.807) is 30.3 Å². The molecular weight excluding hydrogens is 264 g/mol. The number of aliphatic carboxylic acids is 1. The van der Waals surface area contributed by atoms with Crippen LogP contribution < -0.4 is 0 Å². The molecule has 0 aliphatic rings. The summed E-state index contributed by atoms with van der Waals surface area (Å²) < 4.78 is 0. The molecule has 1 N–H and O–H groups in total. The second-order valence-corrected chi connectivity index (χ2v) is 4.47. The van der Waals surface area contributed by atoms with E-state index in [2.05, 4.69) is 6.58 Å². The molecule has 0 aliphatic carbocycles. The van der Waals surface area contributed by atoms with Crippen LogP contribution in [0.2, 0.25) is 0 Å². The van der Waals surface area contributed by atoms with Crippen molar-refractivity contribution in [2.24, 2.45) is 0 Å². The first kappa shape index (κ1) is 14.5. The zero-order valence-corrected chi connectivity index (χ0v) is 11.3. The highest BCUT2D eigenvalue weighted by molar-refractivity contribution is 6.14. The molecule has 0 heterocycles. The first-order valence-corrected chi connectivity index (χ1v) is 6.38. The van der Waals surface area contributed by atoms with Gasteiger partial charge in [-0.25, -0.2) is 4.79 Å². The fourth-order valence-corrected chi connectivity index (χ4v) is 1.79. The van der Waals surface area contributed by atoms with Crippen molar-refractivity contribution in [3.63, 3.8) is 0 Å². The van der Waals surface area contributed by atoms with Crippen LogP contribution >= 0.6 is 0 Å². The van der Waals surface area contributed by atoms with Gasteiger partial charge in [-0.1, -0.05) is 67.3 Å². The van der Waals surface area contributed by atoms with E-state index in [4.69, 9.17) is 5.11 Å². The highest BCUT2D eigenvalue weighted by Gasteiger charge is 2.08. The number of carbonyl (C=O) groups excluding carboxylic acids is 1. The predicted octanol–water partition coefficient (Wildman–Crippen LogP) is 3.68. The molecule has 21 heavy (non-hydrogen) atoms. The molecule has 0 spiro atoms. The third kappa shape index (κ3) is 3.76. The van der Waals surface area contributed by atoms with E-state index >= 15 is 0 Å². The number of benzene rings is 2. The number of hydrogen-bond acceptors (Lipinski definition) is 2. The third-order valence-corrected chi connectivity index (χ3v) is 3.00. The number of carboxylic acid groups (broad SMARTS) is 1. The Bertz CT molecular complexity index is 695. The van der Waals surface area contributed by atoms with Crippen molar-refractivity contribution in [1.29, 1.82) is 0 Å². The maximum atomic E-state index is 12.0. The summed E-state index contributed by atoms with van der Waals surface area (Å²) >= 11 is 0. The SMILES string of the molecule is C=C(C(=O)O)c1ccc(C(=O)C=Cc2ccccc2)cc1. The Morgan fingerprint density at radius 2 is 1.48 bits per heavy atom. The Morgan fingerprint density at radius 3 is 2.05 bits per heavy atom. The van der Waals surface area contributed by atoms with Gasteiger partial charge in [0.15, 0.2) is 5.78 Å². The molecule has 0 unspecified atom stereocenters. The van der Waals surface area contributed by atoms with Gasteiger partial charge in [0.1, 0.15) is 0 Å². The minimum atomic E-state index is -1.07. The van der Waals surface area contributed by atoms with Crippen molar-refractivity contribution < 1.29 is 14.7 Å². The molecule has 0 aliphatic heterocycles. The van der Waals surface area contributed by atoms with Crippen LogP contribution in [0.3, 0.4) is 0 Å². The van der Waals surface area contributed by atoms with Crippen molar-refractivity contribution in [1.82, 2.24) is 0 Å². The van der Waals surface area contributed by atoms with Gasteiger partial charge < -0.3 is 5.11 Å². The lowest BCUT2D eigenvalue weighted by Crippen LogP contribution is -1.99. The molecule has 0 fully saturated rings. The minimum Gasteiger partial charge on any atom is -0.478 e. The monoisotopic (exact) mass is 278 g/mol. The van der Waals surface area contributed by atoms with Gasteiger partial charge in [-0.2, -0.15) is 0 Å². The topological polar surface area (TPSA) is 54.4 Å². The molecule has 0 radical (unpaired) electrons. The number of hydrogen-bond donors (Lipinski definition) is 1. The largest absolute Gasteiger partial charge is 0.478 e. The van der Waals surface area contributed by atoms with E-state index in [-0.39, 0.29) is 11.4 Å². The Labute approximate surface area is 122 Å². The average Bonchev–Trinajstić information content (AvgIpc) is 2.53. The summed E-state index contributed by atoms with van der Waals surface area (Å²) in [4.78, 5) is 22.8. The zero-order valence-electron chi connectivity index (χ0n) is 11.3. The lowest BCUT2D eigenvalue weighted by Gasteiger charge is -2.01. The summed E-state index contributed by atoms with van der Waals surface area (Å²) in [6, 6.07) is 15.9. The van der Waals surface area contributed by atoms with Crippen LogP contribution in [0.1, 0.15) is 21.5 Å². The van der Waals surface area contributed by atoms with Gasteiger partial charge in [-0.15, -0.1) is 0 Å². The van der Waals surface area contributed by atoms with Crippen molar-refractivity contribution in [3.8, 4) is 0 Å². The Morgan fingerprint density at radius 1 is 0.905 bits per heavy atom. The lowest BCUT2D eigenvalue weighted by molar-refractivity contribution is -0.130. The number of carboxylic acids is 1. The summed E-state index contributed by atoms with van der Waals surface area (Å²) in [5.74, 6) is -1.20. The van der Waals surface area contributed by atoms with Crippen LogP contribution in [0.5, 0.6) is 0 Å². The first-order valence-electron chi connectivity index (χ1n) is 6.38. The van der Waals surface area contributed by atoms with E-state index in [9.17, 15) is 9.59 Å². The van der Waals surface area contributed by atoms with Gasteiger partial charge in [-0.05, 0) is 17.2 Å². The van der Waals surface area contributed by atoms with Gasteiger partial charge >= 0.3 is 5.97 Å². The predicted molar refractivity (Wildman–Crippen MR) is 82.9 cm³/mol. The van der Waals surface area contributed by atoms with Crippen LogP contribution in [0.15, 0.2) is 67.3 Å². The van der Waals surface area contributed by atoms with E-state index in [0.717, 1.165) is 5.56 Å². The van der Waals surface area contributed by atoms with Crippen LogP contribution in [0.4, 0.5) is 0 Å². The molecule has 2 rings (SSSR count). The van der Waals surface area contributed by atoms with Crippen LogP contribution in [-0.4, -0.2) is 16.9 Å². The van der Waals surface area contributed by atoms with E-state index in [0.29, 0.717) is 11.1 Å². The maximum absolute atomic E-state index is 12.0. The van der Waals surface area contributed by atoms with Gasteiger partial charge in [-0.3, -0.25) is 4.79 Å². The lowest BCUT2D eigenvalue weighted by atomic mass is 10.0. The highest BCUT2D eigenvalue weighted by atomic mass is 16.4. The molecule has 0 saturated carbocycles. The molecule has 3 heteroatoms. The molecule has 0 amide bonds. The quantitative estimate of drug-likeness (QED) is 0.670. The van der Waals surface area contributed by atoms with Crippen LogP contribution in [0, 0.1) is 0 Å². The Hall–Kier alpha value is -2.94. The second-order valence-electron chi connectivity index (χ2n) is 4.47. The van der Waals surface area contributed by atoms with Crippen molar-refractivity contribution in [2.45, 2.75) is 0 Å². The molecule has 3 nitrogen and oxygen atoms in total. The summed E-state index contributed by atoms with van der Waals surface area (Å²) in [5.41, 5.74) is 1.95. The Kier molecular flexibility index (Phi) is 4.46. The maximum Gasteiger partial charge on any atom is 0.335 e. The average molecular weight is 278 g/mol. The fraction of sp³-hybridized carbons (Fsp3) is 0. The Balaban J connectivity index is 2.12. The first-order chi connectivity index (χ1) is 10.1. The fourth-order valence-electron chi connectivity index (χ4n) is 1.79. The van der Waals surface area contributed by atoms with E-state index in [1.807, 2.05) is 30.3 Å². The van der Waals surface area contributed by atoms with Gasteiger partial charge in [0, 0.05) is 5.56 Å². The van der Waals surface area contributed by atoms with E-state index < -0.39 is 5.97 Å². The number of rotatable bonds is 5. The second kappa shape index (κ2) is 6.48. The summed E-state index contributed by atoms with van der Waals surface area (Å²) in [6.07, 6.45) is 3.24. The van der Waals surface area contributed by atoms with Crippen molar-refractivity contribution >= 4 is 23.4 Å². The van der Waals surface area contributed by atoms with Gasteiger partial charge in [0.2, 0.25) is 0 Å². The van der Waals surface area contributed by atoms with E-state index in [1.165, 1.54) is 6.08 Å². The molecule has 104 valence electrons. The highest BCUT2D eigenvalue weighted by Crippen LogP contribution is 2.14. The molecule has 0 atom stereocenters. The van der Waals surface area contributed by atoms with Crippen molar-refractivity contribution in [3.05, 3.63) is 83.9 Å². The molecular formula is C18H14O3. The summed E-state index contributed by atoms with van der Waals surface area (Å²) in [5, 5.41) is 8.85. The molecule has 2 aromatic rings. The van der Waals surface area contributed by atoms with Gasteiger partial charge in [0.05, 0.1) is 5.57 Å².